The predicted molar refractivity (Wildman–Crippen MR) is 115 cm³/mol. The maximum absolute atomic E-state index is 5.69. The number of likely N-dealkylation sites (tertiary alicyclic amines) is 1. The van der Waals surface area contributed by atoms with Crippen molar-refractivity contribution < 1.29 is 13.9 Å². The van der Waals surface area contributed by atoms with E-state index in [0.717, 1.165) is 89.9 Å². The third-order valence-corrected chi connectivity index (χ3v) is 5.56. The predicted octanol–water partition coefficient (Wildman–Crippen LogP) is 2.28. The van der Waals surface area contributed by atoms with Crippen LogP contribution in [0.4, 0.5) is 0 Å². The van der Waals surface area contributed by atoms with Crippen molar-refractivity contribution in [3.05, 3.63) is 24.2 Å². The lowest BCUT2D eigenvalue weighted by Gasteiger charge is -2.33. The molecule has 2 saturated heterocycles. The molecule has 2 N–H and O–H groups in total. The van der Waals surface area contributed by atoms with Crippen LogP contribution in [0.5, 0.6) is 0 Å². The third kappa shape index (κ3) is 8.36. The van der Waals surface area contributed by atoms with E-state index in [-0.39, 0.29) is 0 Å². The number of nitrogens with zero attached hydrogens (tertiary/aromatic N) is 2. The van der Waals surface area contributed by atoms with Gasteiger partial charge in [-0.1, -0.05) is 0 Å². The second-order valence-corrected chi connectivity index (χ2v) is 8.35. The summed E-state index contributed by atoms with van der Waals surface area (Å²) in [5.74, 6) is 2.46. The maximum atomic E-state index is 5.69. The molecule has 2 aliphatic rings. The van der Waals surface area contributed by atoms with E-state index in [0.29, 0.717) is 18.1 Å². The second-order valence-electron chi connectivity index (χ2n) is 8.35. The Morgan fingerprint density at radius 3 is 2.86 bits per heavy atom. The average molecular weight is 407 g/mol. The van der Waals surface area contributed by atoms with Crippen molar-refractivity contribution in [2.24, 2.45) is 10.9 Å². The largest absolute Gasteiger partial charge is 0.469 e. The summed E-state index contributed by atoms with van der Waals surface area (Å²) >= 11 is 0. The lowest BCUT2D eigenvalue weighted by molar-refractivity contribution is 0.0532. The van der Waals surface area contributed by atoms with Crippen LogP contribution in [-0.4, -0.2) is 75.5 Å². The Morgan fingerprint density at radius 2 is 2.17 bits per heavy atom. The third-order valence-electron chi connectivity index (χ3n) is 5.56. The van der Waals surface area contributed by atoms with E-state index in [1.165, 1.54) is 0 Å². The fourth-order valence-electron chi connectivity index (χ4n) is 3.77. The van der Waals surface area contributed by atoms with Crippen molar-refractivity contribution in [1.82, 2.24) is 15.5 Å². The van der Waals surface area contributed by atoms with E-state index in [1.807, 2.05) is 12.1 Å². The first-order valence-electron chi connectivity index (χ1n) is 11.2. The minimum absolute atomic E-state index is 0.311. The number of piperidine rings is 1. The minimum atomic E-state index is 0.311. The van der Waals surface area contributed by atoms with Gasteiger partial charge in [-0.3, -0.25) is 4.99 Å². The summed E-state index contributed by atoms with van der Waals surface area (Å²) in [6.45, 7) is 11.6. The summed E-state index contributed by atoms with van der Waals surface area (Å²) < 4.78 is 16.6. The van der Waals surface area contributed by atoms with Crippen LogP contribution in [0.1, 0.15) is 38.9 Å². The highest BCUT2D eigenvalue weighted by atomic mass is 16.5. The molecule has 0 aromatic carbocycles. The molecule has 1 aromatic rings. The van der Waals surface area contributed by atoms with Crippen molar-refractivity contribution in [2.45, 2.75) is 51.7 Å². The average Bonchev–Trinajstić information content (AvgIpc) is 3.41. The summed E-state index contributed by atoms with van der Waals surface area (Å²) in [6.07, 6.45) is 6.27. The summed E-state index contributed by atoms with van der Waals surface area (Å²) in [5.41, 5.74) is 0. The molecule has 0 aliphatic carbocycles. The number of hydrogen-bond donors (Lipinski definition) is 2. The Balaban J connectivity index is 1.42. The molecule has 7 nitrogen and oxygen atoms in total. The number of hydrogen-bond acceptors (Lipinski definition) is 5. The molecule has 1 atom stereocenters. The molecule has 164 valence electrons. The maximum Gasteiger partial charge on any atom is 0.191 e. The molecule has 3 heterocycles. The molecular formula is C22H38N4O3. The van der Waals surface area contributed by atoms with E-state index < -0.39 is 0 Å². The smallest absolute Gasteiger partial charge is 0.191 e. The summed E-state index contributed by atoms with van der Waals surface area (Å²) in [4.78, 5) is 7.35. The van der Waals surface area contributed by atoms with Gasteiger partial charge in [-0.25, -0.2) is 0 Å². The highest BCUT2D eigenvalue weighted by molar-refractivity contribution is 5.80. The Labute approximate surface area is 175 Å². The second kappa shape index (κ2) is 12.2. The van der Waals surface area contributed by atoms with Crippen LogP contribution in [0.2, 0.25) is 0 Å². The monoisotopic (exact) mass is 406 g/mol. The molecule has 0 saturated carbocycles. The molecule has 0 amide bonds. The Morgan fingerprint density at radius 1 is 1.31 bits per heavy atom. The Bertz CT molecular complexity index is 577. The van der Waals surface area contributed by atoms with Gasteiger partial charge < -0.3 is 29.4 Å². The van der Waals surface area contributed by atoms with Gasteiger partial charge in [-0.05, 0) is 45.2 Å². The van der Waals surface area contributed by atoms with Crippen molar-refractivity contribution in [3.8, 4) is 0 Å². The number of guanidine groups is 1. The van der Waals surface area contributed by atoms with Gasteiger partial charge in [0.15, 0.2) is 5.96 Å². The van der Waals surface area contributed by atoms with Gasteiger partial charge in [0.1, 0.15) is 5.76 Å². The van der Waals surface area contributed by atoms with Crippen molar-refractivity contribution in [2.75, 3.05) is 52.5 Å². The van der Waals surface area contributed by atoms with E-state index >= 15 is 0 Å². The van der Waals surface area contributed by atoms with E-state index in [4.69, 9.17) is 18.9 Å². The zero-order valence-corrected chi connectivity index (χ0v) is 18.1. The molecule has 29 heavy (non-hydrogen) atoms. The van der Waals surface area contributed by atoms with Gasteiger partial charge in [0.05, 0.1) is 25.6 Å². The zero-order valence-electron chi connectivity index (χ0n) is 18.1. The number of rotatable bonds is 10. The molecule has 2 aliphatic heterocycles. The fraction of sp³-hybridized carbons (Fsp3) is 0.773. The minimum Gasteiger partial charge on any atom is -0.469 e. The van der Waals surface area contributed by atoms with Crippen molar-refractivity contribution in [3.63, 3.8) is 0 Å². The molecule has 0 spiro atoms. The highest BCUT2D eigenvalue weighted by Crippen LogP contribution is 2.13. The van der Waals surface area contributed by atoms with E-state index in [1.54, 1.807) is 6.26 Å². The van der Waals surface area contributed by atoms with Crippen molar-refractivity contribution in [1.29, 1.82) is 0 Å². The van der Waals surface area contributed by atoms with E-state index in [2.05, 4.69) is 29.4 Å². The lowest BCUT2D eigenvalue weighted by atomic mass is 10.1. The standard InChI is InChI=1S/C22H38N4O3/c1-18(2)28-15-12-26-10-6-20(7-11-26)25-22(24-16-19-8-14-27-17-19)23-9-5-21-4-3-13-29-21/h3-4,13,18-20H,5-12,14-17H2,1-2H3,(H2,23,24,25). The zero-order chi connectivity index (χ0) is 20.3. The number of ether oxygens (including phenoxy) is 2. The van der Waals surface area contributed by atoms with Gasteiger partial charge in [0, 0.05) is 57.7 Å². The van der Waals surface area contributed by atoms with Crippen LogP contribution < -0.4 is 10.6 Å². The van der Waals surface area contributed by atoms with E-state index in [9.17, 15) is 0 Å². The van der Waals surface area contributed by atoms with Gasteiger partial charge >= 0.3 is 0 Å². The van der Waals surface area contributed by atoms with Gasteiger partial charge in [0.2, 0.25) is 0 Å². The number of nitrogens with one attached hydrogen (secondary N) is 2. The first-order valence-corrected chi connectivity index (χ1v) is 11.2. The summed E-state index contributed by atoms with van der Waals surface area (Å²) in [6, 6.07) is 4.41. The van der Waals surface area contributed by atoms with Gasteiger partial charge in [-0.2, -0.15) is 0 Å². The lowest BCUT2D eigenvalue weighted by Crippen LogP contribution is -2.49. The molecule has 0 radical (unpaired) electrons. The van der Waals surface area contributed by atoms with Crippen molar-refractivity contribution >= 4 is 5.96 Å². The highest BCUT2D eigenvalue weighted by Gasteiger charge is 2.21. The molecule has 1 unspecified atom stereocenters. The van der Waals surface area contributed by atoms with Crippen LogP contribution >= 0.6 is 0 Å². The Hall–Kier alpha value is -1.57. The van der Waals surface area contributed by atoms with Crippen LogP contribution in [-0.2, 0) is 15.9 Å². The molecule has 2 fully saturated rings. The molecule has 1 aromatic heterocycles. The van der Waals surface area contributed by atoms with Gasteiger partial charge in [-0.15, -0.1) is 0 Å². The van der Waals surface area contributed by atoms with Crippen LogP contribution in [0, 0.1) is 5.92 Å². The first kappa shape index (κ1) is 22.1. The van der Waals surface area contributed by atoms with Crippen LogP contribution in [0.25, 0.3) is 0 Å². The number of aliphatic imine (C=N–C) groups is 1. The number of furan rings is 1. The first-order chi connectivity index (χ1) is 14.2. The fourth-order valence-corrected chi connectivity index (χ4v) is 3.77. The quantitative estimate of drug-likeness (QED) is 0.459. The normalized spacial score (nSPS) is 21.8. The molecular weight excluding hydrogens is 368 g/mol. The molecule has 7 heteroatoms. The summed E-state index contributed by atoms with van der Waals surface area (Å²) in [5, 5.41) is 7.16. The topological polar surface area (TPSA) is 71.3 Å². The SMILES string of the molecule is CC(C)OCCN1CCC(NC(=NCC2CCOC2)NCCc2ccco2)CC1. The molecule has 3 rings (SSSR count). The van der Waals surface area contributed by atoms with Crippen LogP contribution in [0.3, 0.4) is 0 Å². The molecule has 0 bridgehead atoms. The summed E-state index contributed by atoms with van der Waals surface area (Å²) in [7, 11) is 0. The Kier molecular flexibility index (Phi) is 9.31. The van der Waals surface area contributed by atoms with Crippen LogP contribution in [0.15, 0.2) is 27.8 Å². The van der Waals surface area contributed by atoms with Gasteiger partial charge in [0.25, 0.3) is 0 Å².